The number of rotatable bonds is 7. The van der Waals surface area contributed by atoms with E-state index in [2.05, 4.69) is 42.3 Å². The van der Waals surface area contributed by atoms with E-state index in [1.54, 1.807) is 6.20 Å². The summed E-state index contributed by atoms with van der Waals surface area (Å²) in [6.45, 7) is 7.55. The Kier molecular flexibility index (Phi) is 6.54. The molecular formula is C23H25N3O2S. The molecule has 0 bridgehead atoms. The van der Waals surface area contributed by atoms with Crippen LogP contribution in [-0.4, -0.2) is 27.0 Å². The molecule has 1 aromatic heterocycles. The van der Waals surface area contributed by atoms with Gasteiger partial charge in [0, 0.05) is 30.6 Å². The number of hydrogen-bond acceptors (Lipinski definition) is 4. The predicted molar refractivity (Wildman–Crippen MR) is 117 cm³/mol. The zero-order valence-corrected chi connectivity index (χ0v) is 17.9. The van der Waals surface area contributed by atoms with Gasteiger partial charge in [-0.25, -0.2) is 4.98 Å². The van der Waals surface area contributed by atoms with Crippen molar-refractivity contribution in [3.05, 3.63) is 77.1 Å². The van der Waals surface area contributed by atoms with Crippen molar-refractivity contribution in [1.82, 2.24) is 14.9 Å². The summed E-state index contributed by atoms with van der Waals surface area (Å²) in [5, 5.41) is 3.63. The number of amides is 1. The lowest BCUT2D eigenvalue weighted by Crippen LogP contribution is -2.23. The zero-order chi connectivity index (χ0) is 21.0. The Morgan fingerprint density at radius 3 is 2.38 bits per heavy atom. The quantitative estimate of drug-likeness (QED) is 0.457. The fraction of sp³-hybridized carbons (Fsp3) is 0.261. The van der Waals surface area contributed by atoms with E-state index in [-0.39, 0.29) is 17.7 Å². The molecule has 0 saturated carbocycles. The van der Waals surface area contributed by atoms with Crippen molar-refractivity contribution in [1.29, 1.82) is 0 Å². The molecule has 150 valence electrons. The number of Topliss-reactive ketones (excluding diaryl/α,β-unsaturated/α-hetero) is 1. The monoisotopic (exact) mass is 407 g/mol. The fourth-order valence-electron chi connectivity index (χ4n) is 3.24. The smallest absolute Gasteiger partial charge is 0.217 e. The third-order valence-electron chi connectivity index (χ3n) is 4.58. The van der Waals surface area contributed by atoms with Crippen molar-refractivity contribution < 1.29 is 9.59 Å². The van der Waals surface area contributed by atoms with E-state index >= 15 is 0 Å². The molecule has 0 saturated heterocycles. The lowest BCUT2D eigenvalue weighted by atomic mass is 10.0. The lowest BCUT2D eigenvalue weighted by molar-refractivity contribution is -0.119. The van der Waals surface area contributed by atoms with Gasteiger partial charge in [-0.2, -0.15) is 0 Å². The summed E-state index contributed by atoms with van der Waals surface area (Å²) in [4.78, 5) is 28.2. The average molecular weight is 408 g/mol. The van der Waals surface area contributed by atoms with Crippen LogP contribution in [-0.2, 0) is 4.79 Å². The molecule has 3 aromatic rings. The highest BCUT2D eigenvalue weighted by Crippen LogP contribution is 2.23. The molecule has 6 heteroatoms. The Morgan fingerprint density at radius 1 is 1.10 bits per heavy atom. The number of thioether (sulfide) groups is 1. The molecule has 0 fully saturated rings. The molecule has 0 unspecified atom stereocenters. The second kappa shape index (κ2) is 9.09. The van der Waals surface area contributed by atoms with E-state index in [0.717, 1.165) is 16.4 Å². The third-order valence-corrected chi connectivity index (χ3v) is 5.54. The third kappa shape index (κ3) is 5.35. The van der Waals surface area contributed by atoms with Crippen LogP contribution in [0.4, 0.5) is 0 Å². The van der Waals surface area contributed by atoms with E-state index in [0.29, 0.717) is 11.3 Å². The fourth-order valence-corrected chi connectivity index (χ4v) is 4.11. The van der Waals surface area contributed by atoms with Gasteiger partial charge in [-0.05, 0) is 49.6 Å². The summed E-state index contributed by atoms with van der Waals surface area (Å²) in [6.07, 6.45) is 3.67. The molecule has 1 heterocycles. The van der Waals surface area contributed by atoms with Crippen LogP contribution < -0.4 is 5.32 Å². The molecule has 2 aromatic carbocycles. The summed E-state index contributed by atoms with van der Waals surface area (Å²) in [5.74, 6) is 0.277. The Bertz CT molecular complexity index is 1000. The molecule has 3 rings (SSSR count). The SMILES string of the molecule is CC(=O)N[C@H](C)c1ccc(C(=O)CSc2nccn2-c2cc(C)cc(C)c2)cc1. The zero-order valence-electron chi connectivity index (χ0n) is 17.1. The molecule has 29 heavy (non-hydrogen) atoms. The van der Waals surface area contributed by atoms with E-state index in [4.69, 9.17) is 0 Å². The Morgan fingerprint density at radius 2 is 1.76 bits per heavy atom. The Hall–Kier alpha value is -2.86. The van der Waals surface area contributed by atoms with Gasteiger partial charge in [0.25, 0.3) is 0 Å². The van der Waals surface area contributed by atoms with Gasteiger partial charge >= 0.3 is 0 Å². The molecule has 1 amide bonds. The van der Waals surface area contributed by atoms with Crippen molar-refractivity contribution in [2.45, 2.75) is 38.9 Å². The summed E-state index contributed by atoms with van der Waals surface area (Å²) in [5.41, 5.74) is 5.05. The number of aromatic nitrogens is 2. The minimum Gasteiger partial charge on any atom is -0.350 e. The van der Waals surface area contributed by atoms with Crippen LogP contribution in [0.3, 0.4) is 0 Å². The van der Waals surface area contributed by atoms with Crippen molar-refractivity contribution in [3.8, 4) is 5.69 Å². The summed E-state index contributed by atoms with van der Waals surface area (Å²) in [7, 11) is 0. The first kappa shape index (κ1) is 20.9. The minimum atomic E-state index is -0.0868. The van der Waals surface area contributed by atoms with Gasteiger partial charge in [0.15, 0.2) is 10.9 Å². The molecule has 1 atom stereocenters. The number of benzene rings is 2. The molecule has 1 N–H and O–H groups in total. The van der Waals surface area contributed by atoms with Gasteiger partial charge in [0.05, 0.1) is 11.8 Å². The number of carbonyl (C=O) groups is 2. The largest absolute Gasteiger partial charge is 0.350 e. The van der Waals surface area contributed by atoms with Gasteiger partial charge in [0.2, 0.25) is 5.91 Å². The standard InChI is InChI=1S/C23H25N3O2S/c1-15-11-16(2)13-21(12-15)26-10-9-24-23(26)29-14-22(28)20-7-5-19(6-8-20)17(3)25-18(4)27/h5-13,17H,14H2,1-4H3,(H,25,27)/t17-/m1/s1. The van der Waals surface area contributed by atoms with Crippen molar-refractivity contribution in [2.75, 3.05) is 5.75 Å². The maximum Gasteiger partial charge on any atom is 0.217 e. The highest BCUT2D eigenvalue weighted by molar-refractivity contribution is 7.99. The maximum absolute atomic E-state index is 12.6. The highest BCUT2D eigenvalue weighted by atomic mass is 32.2. The van der Waals surface area contributed by atoms with Gasteiger partial charge in [-0.1, -0.05) is 42.1 Å². The van der Waals surface area contributed by atoms with Gasteiger partial charge < -0.3 is 5.32 Å². The van der Waals surface area contributed by atoms with Crippen LogP contribution >= 0.6 is 11.8 Å². The van der Waals surface area contributed by atoms with Crippen LogP contribution in [0.1, 0.15) is 46.9 Å². The topological polar surface area (TPSA) is 64.0 Å². The van der Waals surface area contributed by atoms with Gasteiger partial charge in [-0.3, -0.25) is 14.2 Å². The minimum absolute atomic E-state index is 0.0451. The van der Waals surface area contributed by atoms with Gasteiger partial charge in [0.1, 0.15) is 0 Å². The first-order valence-electron chi connectivity index (χ1n) is 9.48. The van der Waals surface area contributed by atoms with E-state index in [9.17, 15) is 9.59 Å². The number of nitrogens with zero attached hydrogens (tertiary/aromatic N) is 2. The van der Waals surface area contributed by atoms with Crippen LogP contribution in [0.2, 0.25) is 0 Å². The number of nitrogens with one attached hydrogen (secondary N) is 1. The number of hydrogen-bond donors (Lipinski definition) is 1. The van der Waals surface area contributed by atoms with E-state index < -0.39 is 0 Å². The lowest BCUT2D eigenvalue weighted by Gasteiger charge is -2.13. The van der Waals surface area contributed by atoms with E-state index in [1.807, 2.05) is 42.0 Å². The maximum atomic E-state index is 12.6. The van der Waals surface area contributed by atoms with Crippen molar-refractivity contribution >= 4 is 23.5 Å². The summed E-state index contributed by atoms with van der Waals surface area (Å²) < 4.78 is 2.01. The van der Waals surface area contributed by atoms with Gasteiger partial charge in [-0.15, -0.1) is 0 Å². The first-order valence-corrected chi connectivity index (χ1v) is 10.5. The number of aryl methyl sites for hydroxylation is 2. The van der Waals surface area contributed by atoms with Crippen LogP contribution in [0.25, 0.3) is 5.69 Å². The van der Waals surface area contributed by atoms with E-state index in [1.165, 1.54) is 29.8 Å². The highest BCUT2D eigenvalue weighted by Gasteiger charge is 2.13. The van der Waals surface area contributed by atoms with Crippen molar-refractivity contribution in [3.63, 3.8) is 0 Å². The van der Waals surface area contributed by atoms with Crippen molar-refractivity contribution in [2.24, 2.45) is 0 Å². The molecule has 0 radical (unpaired) electrons. The van der Waals surface area contributed by atoms with Crippen LogP contribution in [0.5, 0.6) is 0 Å². The Labute approximate surface area is 175 Å². The molecule has 0 aliphatic carbocycles. The molecule has 0 aliphatic rings. The average Bonchev–Trinajstić information content (AvgIpc) is 3.13. The normalized spacial score (nSPS) is 11.9. The molecular weight excluding hydrogens is 382 g/mol. The summed E-state index contributed by atoms with van der Waals surface area (Å²) in [6, 6.07) is 13.7. The number of ketones is 1. The first-order chi connectivity index (χ1) is 13.8. The molecule has 0 spiro atoms. The molecule has 0 aliphatic heterocycles. The predicted octanol–water partition coefficient (Wildman–Crippen LogP) is 4.66. The molecule has 5 nitrogen and oxygen atoms in total. The van der Waals surface area contributed by atoms with Crippen LogP contribution in [0, 0.1) is 13.8 Å². The second-order valence-corrected chi connectivity index (χ2v) is 8.12. The van der Waals surface area contributed by atoms with Crippen LogP contribution in [0.15, 0.2) is 60.0 Å². The number of imidazole rings is 1. The summed E-state index contributed by atoms with van der Waals surface area (Å²) >= 11 is 1.43. The Balaban J connectivity index is 1.67. The second-order valence-electron chi connectivity index (χ2n) is 7.18. The number of carbonyl (C=O) groups excluding carboxylic acids is 2.